The van der Waals surface area contributed by atoms with Gasteiger partial charge in [0.2, 0.25) is 0 Å². The molecule has 1 aromatic rings. The van der Waals surface area contributed by atoms with E-state index in [4.69, 9.17) is 28.9 Å². The molecule has 1 unspecified atom stereocenters. The smallest absolute Gasteiger partial charge is 0.299 e. The van der Waals surface area contributed by atoms with Crippen molar-refractivity contribution in [3.8, 4) is 0 Å². The quantitative estimate of drug-likeness (QED) is 0.866. The SMILES string of the molecule is CC(CN)CN1C(=O)C(=O)c2c(Cl)ccc(Cl)c21. The van der Waals surface area contributed by atoms with Crippen LogP contribution in [0.1, 0.15) is 17.3 Å². The lowest BCUT2D eigenvalue weighted by molar-refractivity contribution is -0.114. The first-order valence-electron chi connectivity index (χ1n) is 5.51. The summed E-state index contributed by atoms with van der Waals surface area (Å²) in [6.45, 7) is 2.67. The minimum Gasteiger partial charge on any atom is -0.330 e. The molecule has 2 N–H and O–H groups in total. The first-order chi connectivity index (χ1) is 8.47. The van der Waals surface area contributed by atoms with Crippen LogP contribution >= 0.6 is 23.2 Å². The number of benzene rings is 1. The van der Waals surface area contributed by atoms with Crippen LogP contribution in [0.15, 0.2) is 12.1 Å². The molecule has 1 heterocycles. The highest BCUT2D eigenvalue weighted by Crippen LogP contribution is 2.40. The van der Waals surface area contributed by atoms with E-state index in [-0.39, 0.29) is 16.5 Å². The van der Waals surface area contributed by atoms with Crippen LogP contribution in [0.4, 0.5) is 5.69 Å². The fourth-order valence-corrected chi connectivity index (χ4v) is 2.41. The molecule has 0 radical (unpaired) electrons. The number of ketones is 1. The summed E-state index contributed by atoms with van der Waals surface area (Å²) in [5.74, 6) is -1.13. The van der Waals surface area contributed by atoms with Crippen molar-refractivity contribution in [3.05, 3.63) is 27.7 Å². The average molecular weight is 287 g/mol. The number of nitrogens with zero attached hydrogens (tertiary/aromatic N) is 1. The number of rotatable bonds is 3. The Morgan fingerprint density at radius 1 is 1.28 bits per heavy atom. The van der Waals surface area contributed by atoms with Crippen molar-refractivity contribution in [2.24, 2.45) is 11.7 Å². The van der Waals surface area contributed by atoms with Gasteiger partial charge in [-0.05, 0) is 24.6 Å². The lowest BCUT2D eigenvalue weighted by Gasteiger charge is -2.21. The molecule has 0 spiro atoms. The average Bonchev–Trinajstić information content (AvgIpc) is 2.60. The zero-order chi connectivity index (χ0) is 13.4. The predicted molar refractivity (Wildman–Crippen MR) is 71.4 cm³/mol. The van der Waals surface area contributed by atoms with Gasteiger partial charge in [-0.25, -0.2) is 0 Å². The number of halogens is 2. The predicted octanol–water partition coefficient (Wildman–Crippen LogP) is 2.12. The van der Waals surface area contributed by atoms with E-state index >= 15 is 0 Å². The van der Waals surface area contributed by atoms with Gasteiger partial charge in [-0.15, -0.1) is 0 Å². The minimum absolute atomic E-state index is 0.0720. The molecule has 2 rings (SSSR count). The topological polar surface area (TPSA) is 63.4 Å². The lowest BCUT2D eigenvalue weighted by atomic mass is 10.1. The number of Topliss-reactive ketones (excluding diaryl/α,β-unsaturated/α-hetero) is 1. The van der Waals surface area contributed by atoms with E-state index in [9.17, 15) is 9.59 Å². The summed E-state index contributed by atoms with van der Waals surface area (Å²) in [5, 5.41) is 0.591. The van der Waals surface area contributed by atoms with Crippen molar-refractivity contribution in [1.82, 2.24) is 0 Å². The van der Waals surface area contributed by atoms with Gasteiger partial charge >= 0.3 is 0 Å². The number of carbonyl (C=O) groups excluding carboxylic acids is 2. The van der Waals surface area contributed by atoms with Gasteiger partial charge in [0.1, 0.15) is 0 Å². The Hall–Kier alpha value is -1.10. The summed E-state index contributed by atoms with van der Waals surface area (Å²) in [5.41, 5.74) is 6.13. The van der Waals surface area contributed by atoms with Gasteiger partial charge in [0.25, 0.3) is 11.7 Å². The van der Waals surface area contributed by atoms with Gasteiger partial charge in [-0.3, -0.25) is 9.59 Å². The van der Waals surface area contributed by atoms with Crippen LogP contribution in [-0.2, 0) is 4.79 Å². The van der Waals surface area contributed by atoms with Crippen LogP contribution in [0.3, 0.4) is 0 Å². The third-order valence-corrected chi connectivity index (χ3v) is 3.53. The second kappa shape index (κ2) is 4.88. The highest BCUT2D eigenvalue weighted by Gasteiger charge is 2.39. The number of hydrogen-bond acceptors (Lipinski definition) is 3. The normalized spacial score (nSPS) is 16.1. The maximum atomic E-state index is 11.9. The molecule has 1 amide bonds. The van der Waals surface area contributed by atoms with Gasteiger partial charge in [0.05, 0.1) is 21.3 Å². The summed E-state index contributed by atoms with van der Waals surface area (Å²) in [6, 6.07) is 3.10. The second-order valence-electron chi connectivity index (χ2n) is 4.34. The highest BCUT2D eigenvalue weighted by molar-refractivity contribution is 6.56. The van der Waals surface area contributed by atoms with Crippen LogP contribution in [0, 0.1) is 5.92 Å². The number of carbonyl (C=O) groups is 2. The third kappa shape index (κ3) is 2.00. The van der Waals surface area contributed by atoms with Crippen molar-refractivity contribution in [2.75, 3.05) is 18.0 Å². The first kappa shape index (κ1) is 13.3. The van der Waals surface area contributed by atoms with E-state index < -0.39 is 11.7 Å². The molecule has 18 heavy (non-hydrogen) atoms. The zero-order valence-electron chi connectivity index (χ0n) is 9.74. The summed E-state index contributed by atoms with van der Waals surface area (Å²) < 4.78 is 0. The number of nitrogens with two attached hydrogens (primary N) is 1. The fraction of sp³-hybridized carbons (Fsp3) is 0.333. The molecule has 0 saturated heterocycles. The van der Waals surface area contributed by atoms with Crippen LogP contribution in [-0.4, -0.2) is 24.8 Å². The molecular formula is C12H12Cl2N2O2. The third-order valence-electron chi connectivity index (χ3n) is 2.91. The molecule has 0 aromatic heterocycles. The summed E-state index contributed by atoms with van der Waals surface area (Å²) in [6.07, 6.45) is 0. The second-order valence-corrected chi connectivity index (χ2v) is 5.15. The van der Waals surface area contributed by atoms with Gasteiger partial charge in [-0.1, -0.05) is 30.1 Å². The molecule has 4 nitrogen and oxygen atoms in total. The summed E-state index contributed by atoms with van der Waals surface area (Å²) in [4.78, 5) is 25.2. The number of amides is 1. The standard InChI is InChI=1S/C12H12Cl2N2O2/c1-6(4-15)5-16-10-8(14)3-2-7(13)9(10)11(17)12(16)18/h2-3,6H,4-5,15H2,1H3. The number of anilines is 1. The van der Waals surface area contributed by atoms with Crippen molar-refractivity contribution < 1.29 is 9.59 Å². The molecule has 0 saturated carbocycles. The monoisotopic (exact) mass is 286 g/mol. The molecule has 0 fully saturated rings. The van der Waals surface area contributed by atoms with Crippen molar-refractivity contribution >= 4 is 40.6 Å². The van der Waals surface area contributed by atoms with E-state index in [1.54, 1.807) is 6.07 Å². The Bertz CT molecular complexity index is 531. The largest absolute Gasteiger partial charge is 0.330 e. The fourth-order valence-electron chi connectivity index (χ4n) is 1.91. The van der Waals surface area contributed by atoms with E-state index in [2.05, 4.69) is 0 Å². The molecule has 1 atom stereocenters. The molecule has 6 heteroatoms. The van der Waals surface area contributed by atoms with Crippen molar-refractivity contribution in [3.63, 3.8) is 0 Å². The van der Waals surface area contributed by atoms with E-state index in [0.717, 1.165) is 0 Å². The van der Waals surface area contributed by atoms with Crippen molar-refractivity contribution in [1.29, 1.82) is 0 Å². The summed E-state index contributed by atoms with van der Waals surface area (Å²) in [7, 11) is 0. The zero-order valence-corrected chi connectivity index (χ0v) is 11.3. The lowest BCUT2D eigenvalue weighted by Crippen LogP contribution is -2.35. The maximum absolute atomic E-state index is 11.9. The van der Waals surface area contributed by atoms with Crippen LogP contribution < -0.4 is 10.6 Å². The Morgan fingerprint density at radius 2 is 1.89 bits per heavy atom. The molecule has 96 valence electrons. The van der Waals surface area contributed by atoms with E-state index in [1.165, 1.54) is 11.0 Å². The Balaban J connectivity index is 2.51. The Morgan fingerprint density at radius 3 is 2.50 bits per heavy atom. The van der Waals surface area contributed by atoms with Gasteiger partial charge in [-0.2, -0.15) is 0 Å². The van der Waals surface area contributed by atoms with E-state index in [1.807, 2.05) is 6.92 Å². The van der Waals surface area contributed by atoms with Crippen LogP contribution in [0.2, 0.25) is 10.0 Å². The molecule has 1 aromatic carbocycles. The van der Waals surface area contributed by atoms with Crippen LogP contribution in [0.5, 0.6) is 0 Å². The van der Waals surface area contributed by atoms with Crippen LogP contribution in [0.25, 0.3) is 0 Å². The molecule has 0 aliphatic carbocycles. The van der Waals surface area contributed by atoms with Gasteiger partial charge < -0.3 is 10.6 Å². The number of hydrogen-bond donors (Lipinski definition) is 1. The highest BCUT2D eigenvalue weighted by atomic mass is 35.5. The molecule has 1 aliphatic heterocycles. The van der Waals surface area contributed by atoms with Crippen molar-refractivity contribution in [2.45, 2.75) is 6.92 Å². The maximum Gasteiger partial charge on any atom is 0.299 e. The van der Waals surface area contributed by atoms with Gasteiger partial charge in [0, 0.05) is 6.54 Å². The molecule has 1 aliphatic rings. The van der Waals surface area contributed by atoms with Gasteiger partial charge in [0.15, 0.2) is 0 Å². The molecule has 0 bridgehead atoms. The Kier molecular flexibility index (Phi) is 3.61. The molecular weight excluding hydrogens is 275 g/mol. The summed E-state index contributed by atoms with van der Waals surface area (Å²) >= 11 is 12.0. The first-order valence-corrected chi connectivity index (χ1v) is 6.27. The minimum atomic E-state index is -0.610. The Labute approximate surface area is 115 Å². The number of fused-ring (bicyclic) bond motifs is 1. The van der Waals surface area contributed by atoms with E-state index in [0.29, 0.717) is 23.8 Å².